The molecule has 9 heteroatoms. The smallest absolute Gasteiger partial charge is 0.194 e. The fourth-order valence-corrected chi connectivity index (χ4v) is 4.25. The van der Waals surface area contributed by atoms with Crippen molar-refractivity contribution in [2.75, 3.05) is 52.5 Å². The third-order valence-electron chi connectivity index (χ3n) is 6.04. The molecule has 2 saturated heterocycles. The fourth-order valence-electron chi connectivity index (χ4n) is 4.25. The Morgan fingerprint density at radius 2 is 1.87 bits per heavy atom. The standard InChI is InChI=1S/C22H34F2N4O2.HI/c1-3-20(18-6-5-17(23)15-19(18)24)27-9-11-28(12-10-27)21(25-4-2)26-16-22(29)7-13-30-14-8-22;/h5-6,15,20,29H,3-4,7-14,16H2,1-2H3,(H,25,26);1H. The van der Waals surface area contributed by atoms with Gasteiger partial charge in [-0.05, 0) is 19.4 Å². The van der Waals surface area contributed by atoms with Crippen molar-refractivity contribution in [3.63, 3.8) is 0 Å². The number of hydrogen-bond acceptors (Lipinski definition) is 4. The Hall–Kier alpha value is -1.04. The van der Waals surface area contributed by atoms with E-state index in [1.54, 1.807) is 6.07 Å². The molecule has 1 aromatic rings. The summed E-state index contributed by atoms with van der Waals surface area (Å²) in [6.45, 7) is 9.34. The van der Waals surface area contributed by atoms with Gasteiger partial charge in [-0.2, -0.15) is 0 Å². The van der Waals surface area contributed by atoms with E-state index in [2.05, 4.69) is 15.1 Å². The van der Waals surface area contributed by atoms with Gasteiger partial charge in [0.05, 0.1) is 12.1 Å². The van der Waals surface area contributed by atoms with Crippen molar-refractivity contribution in [3.8, 4) is 0 Å². The molecule has 2 fully saturated rings. The van der Waals surface area contributed by atoms with E-state index >= 15 is 0 Å². The Bertz CT molecular complexity index is 723. The molecule has 31 heavy (non-hydrogen) atoms. The van der Waals surface area contributed by atoms with Gasteiger partial charge < -0.3 is 20.1 Å². The lowest BCUT2D eigenvalue weighted by Crippen LogP contribution is -2.53. The summed E-state index contributed by atoms with van der Waals surface area (Å²) >= 11 is 0. The van der Waals surface area contributed by atoms with Crippen molar-refractivity contribution in [2.45, 2.75) is 44.8 Å². The molecule has 0 radical (unpaired) electrons. The maximum Gasteiger partial charge on any atom is 0.194 e. The van der Waals surface area contributed by atoms with Gasteiger partial charge >= 0.3 is 0 Å². The zero-order chi connectivity index (χ0) is 21.6. The second-order valence-electron chi connectivity index (χ2n) is 8.12. The lowest BCUT2D eigenvalue weighted by Gasteiger charge is -2.40. The molecule has 176 valence electrons. The number of aliphatic imine (C=N–C) groups is 1. The maximum absolute atomic E-state index is 14.3. The first kappa shape index (κ1) is 26.2. The number of guanidine groups is 1. The van der Waals surface area contributed by atoms with Gasteiger partial charge in [0.15, 0.2) is 5.96 Å². The van der Waals surface area contributed by atoms with Gasteiger partial charge in [0, 0.05) is 76.5 Å². The second-order valence-corrected chi connectivity index (χ2v) is 8.12. The third-order valence-corrected chi connectivity index (χ3v) is 6.04. The number of ether oxygens (including phenoxy) is 1. The minimum Gasteiger partial charge on any atom is -0.388 e. The lowest BCUT2D eigenvalue weighted by atomic mass is 9.95. The van der Waals surface area contributed by atoms with Crippen molar-refractivity contribution in [1.82, 2.24) is 15.1 Å². The van der Waals surface area contributed by atoms with E-state index in [1.165, 1.54) is 6.07 Å². The van der Waals surface area contributed by atoms with Gasteiger partial charge in [0.1, 0.15) is 11.6 Å². The molecule has 1 unspecified atom stereocenters. The molecule has 3 rings (SSSR count). The van der Waals surface area contributed by atoms with Gasteiger partial charge in [-0.25, -0.2) is 8.78 Å². The van der Waals surface area contributed by atoms with Crippen LogP contribution in [0.15, 0.2) is 23.2 Å². The first-order chi connectivity index (χ1) is 14.5. The number of nitrogens with zero attached hydrogens (tertiary/aromatic N) is 3. The van der Waals surface area contributed by atoms with Crippen LogP contribution in [0.4, 0.5) is 8.78 Å². The minimum absolute atomic E-state index is 0. The zero-order valence-corrected chi connectivity index (χ0v) is 20.8. The van der Waals surface area contributed by atoms with Crippen molar-refractivity contribution in [1.29, 1.82) is 0 Å². The SMILES string of the molecule is CCNC(=NCC1(O)CCOCC1)N1CCN(C(CC)c2ccc(F)cc2F)CC1.I. The summed E-state index contributed by atoms with van der Waals surface area (Å²) in [5, 5.41) is 14.0. The Labute approximate surface area is 201 Å². The van der Waals surface area contributed by atoms with Gasteiger partial charge in [0.2, 0.25) is 0 Å². The lowest BCUT2D eigenvalue weighted by molar-refractivity contribution is -0.0567. The first-order valence-corrected chi connectivity index (χ1v) is 11.0. The highest BCUT2D eigenvalue weighted by atomic mass is 127. The molecule has 2 aliphatic heterocycles. The van der Waals surface area contributed by atoms with Crippen LogP contribution in [0.3, 0.4) is 0 Å². The monoisotopic (exact) mass is 552 g/mol. The zero-order valence-electron chi connectivity index (χ0n) is 18.4. The van der Waals surface area contributed by atoms with Crippen LogP contribution in [0.1, 0.15) is 44.7 Å². The maximum atomic E-state index is 14.3. The largest absolute Gasteiger partial charge is 0.388 e. The number of aliphatic hydroxyl groups is 1. The quantitative estimate of drug-likeness (QED) is 0.323. The molecule has 0 bridgehead atoms. The van der Waals surface area contributed by atoms with Crippen molar-refractivity contribution >= 4 is 29.9 Å². The van der Waals surface area contributed by atoms with Crippen LogP contribution in [-0.2, 0) is 4.74 Å². The van der Waals surface area contributed by atoms with Gasteiger partial charge in [-0.15, -0.1) is 24.0 Å². The van der Waals surface area contributed by atoms with Gasteiger partial charge in [0.25, 0.3) is 0 Å². The van der Waals surface area contributed by atoms with E-state index in [-0.39, 0.29) is 30.0 Å². The third kappa shape index (κ3) is 6.97. The molecular formula is C22H35F2IN4O2. The van der Waals surface area contributed by atoms with E-state index in [4.69, 9.17) is 9.73 Å². The molecule has 1 atom stereocenters. The van der Waals surface area contributed by atoms with Crippen molar-refractivity contribution < 1.29 is 18.6 Å². The van der Waals surface area contributed by atoms with Crippen molar-refractivity contribution in [2.24, 2.45) is 4.99 Å². The molecule has 2 heterocycles. The topological polar surface area (TPSA) is 60.3 Å². The van der Waals surface area contributed by atoms with E-state index in [0.717, 1.165) is 51.2 Å². The molecule has 0 amide bonds. The van der Waals surface area contributed by atoms with Crippen LogP contribution >= 0.6 is 24.0 Å². The summed E-state index contributed by atoms with van der Waals surface area (Å²) in [6, 6.07) is 3.78. The first-order valence-electron chi connectivity index (χ1n) is 11.0. The number of nitrogens with one attached hydrogen (secondary N) is 1. The summed E-state index contributed by atoms with van der Waals surface area (Å²) < 4.78 is 33.0. The molecule has 0 spiro atoms. The molecule has 0 aromatic heterocycles. The molecule has 2 aliphatic rings. The molecule has 1 aromatic carbocycles. The normalized spacial score (nSPS) is 20.8. The predicted molar refractivity (Wildman–Crippen MR) is 129 cm³/mol. The van der Waals surface area contributed by atoms with E-state index in [9.17, 15) is 13.9 Å². The van der Waals surface area contributed by atoms with E-state index < -0.39 is 17.2 Å². The Balaban J connectivity index is 0.00000341. The number of benzene rings is 1. The average molecular weight is 552 g/mol. The predicted octanol–water partition coefficient (Wildman–Crippen LogP) is 3.16. The molecule has 0 saturated carbocycles. The summed E-state index contributed by atoms with van der Waals surface area (Å²) in [7, 11) is 0. The summed E-state index contributed by atoms with van der Waals surface area (Å²) in [5.41, 5.74) is -0.247. The molecular weight excluding hydrogens is 517 g/mol. The van der Waals surface area contributed by atoms with Gasteiger partial charge in [-0.3, -0.25) is 9.89 Å². The highest BCUT2D eigenvalue weighted by Gasteiger charge is 2.31. The fraction of sp³-hybridized carbons (Fsp3) is 0.682. The van der Waals surface area contributed by atoms with Crippen molar-refractivity contribution in [3.05, 3.63) is 35.4 Å². The van der Waals surface area contributed by atoms with E-state index in [1.807, 2.05) is 13.8 Å². The number of halogens is 3. The Kier molecular flexibility index (Phi) is 10.4. The number of piperazine rings is 1. The Morgan fingerprint density at radius 1 is 1.19 bits per heavy atom. The van der Waals surface area contributed by atoms with Crippen LogP contribution in [0.5, 0.6) is 0 Å². The average Bonchev–Trinajstić information content (AvgIpc) is 2.74. The number of hydrogen-bond donors (Lipinski definition) is 2. The van der Waals surface area contributed by atoms with Crippen LogP contribution in [-0.4, -0.2) is 78.9 Å². The van der Waals surface area contributed by atoms with Crippen LogP contribution in [0, 0.1) is 11.6 Å². The summed E-state index contributed by atoms with van der Waals surface area (Å²) in [4.78, 5) is 9.15. The summed E-state index contributed by atoms with van der Waals surface area (Å²) in [5.74, 6) is -0.226. The minimum atomic E-state index is -0.797. The van der Waals surface area contributed by atoms with E-state index in [0.29, 0.717) is 38.2 Å². The van der Waals surface area contributed by atoms with Crippen LogP contribution in [0.2, 0.25) is 0 Å². The summed E-state index contributed by atoms with van der Waals surface area (Å²) in [6.07, 6.45) is 1.96. The molecule has 0 aliphatic carbocycles. The highest BCUT2D eigenvalue weighted by molar-refractivity contribution is 14.0. The highest BCUT2D eigenvalue weighted by Crippen LogP contribution is 2.28. The Morgan fingerprint density at radius 3 is 2.45 bits per heavy atom. The number of rotatable bonds is 6. The molecule has 2 N–H and O–H groups in total. The molecule has 6 nitrogen and oxygen atoms in total. The van der Waals surface area contributed by atoms with Crippen LogP contribution in [0.25, 0.3) is 0 Å². The van der Waals surface area contributed by atoms with Crippen LogP contribution < -0.4 is 5.32 Å². The second kappa shape index (κ2) is 12.3. The van der Waals surface area contributed by atoms with Gasteiger partial charge in [-0.1, -0.05) is 13.0 Å².